The summed E-state index contributed by atoms with van der Waals surface area (Å²) in [4.78, 5) is 34.5. The topological polar surface area (TPSA) is 108 Å². The molecule has 0 aliphatic heterocycles. The Morgan fingerprint density at radius 2 is 1.77 bits per heavy atom. The van der Waals surface area contributed by atoms with Crippen LogP contribution in [-0.2, 0) is 4.79 Å². The van der Waals surface area contributed by atoms with Gasteiger partial charge in [0.1, 0.15) is 5.82 Å². The van der Waals surface area contributed by atoms with E-state index in [1.54, 1.807) is 0 Å². The van der Waals surface area contributed by atoms with Crippen LogP contribution in [0.25, 0.3) is 0 Å². The van der Waals surface area contributed by atoms with Crippen molar-refractivity contribution in [2.45, 2.75) is 38.1 Å². The summed E-state index contributed by atoms with van der Waals surface area (Å²) >= 11 is 0. The van der Waals surface area contributed by atoms with Crippen LogP contribution in [0.3, 0.4) is 0 Å². The Balaban J connectivity index is 1.56. The lowest BCUT2D eigenvalue weighted by molar-refractivity contribution is -0.142. The van der Waals surface area contributed by atoms with Gasteiger partial charge in [0.05, 0.1) is 5.92 Å². The zero-order chi connectivity index (χ0) is 18.9. The molecular formula is C18H24FN3O4. The minimum atomic E-state index is -0.770. The van der Waals surface area contributed by atoms with Crippen molar-refractivity contribution in [2.24, 2.45) is 5.92 Å². The molecule has 8 heteroatoms. The molecule has 3 amide bonds. The number of urea groups is 1. The highest BCUT2D eigenvalue weighted by atomic mass is 19.1. The molecule has 0 spiro atoms. The quantitative estimate of drug-likeness (QED) is 0.554. The van der Waals surface area contributed by atoms with Gasteiger partial charge in [-0.2, -0.15) is 0 Å². The van der Waals surface area contributed by atoms with Gasteiger partial charge in [-0.25, -0.2) is 9.18 Å². The molecule has 0 aromatic heterocycles. The van der Waals surface area contributed by atoms with E-state index in [0.717, 1.165) is 0 Å². The molecule has 1 aromatic rings. The van der Waals surface area contributed by atoms with Gasteiger partial charge in [0.15, 0.2) is 0 Å². The zero-order valence-corrected chi connectivity index (χ0v) is 14.5. The second kappa shape index (κ2) is 9.74. The van der Waals surface area contributed by atoms with E-state index < -0.39 is 11.8 Å². The average Bonchev–Trinajstić information content (AvgIpc) is 2.61. The van der Waals surface area contributed by atoms with E-state index in [-0.39, 0.29) is 29.5 Å². The number of aliphatic carboxylic acids is 1. The van der Waals surface area contributed by atoms with Crippen LogP contribution in [0.15, 0.2) is 24.3 Å². The molecular weight excluding hydrogens is 341 g/mol. The van der Waals surface area contributed by atoms with Crippen molar-refractivity contribution in [3.8, 4) is 0 Å². The van der Waals surface area contributed by atoms with Crippen LogP contribution >= 0.6 is 0 Å². The van der Waals surface area contributed by atoms with E-state index in [4.69, 9.17) is 5.11 Å². The number of carboxylic acids is 1. The van der Waals surface area contributed by atoms with Crippen molar-refractivity contribution < 1.29 is 23.9 Å². The predicted octanol–water partition coefficient (Wildman–Crippen LogP) is 1.89. The highest BCUT2D eigenvalue weighted by molar-refractivity contribution is 5.94. The minimum absolute atomic E-state index is 0.00159. The van der Waals surface area contributed by atoms with Crippen molar-refractivity contribution in [2.75, 3.05) is 13.1 Å². The van der Waals surface area contributed by atoms with Gasteiger partial charge in [-0.15, -0.1) is 0 Å². The van der Waals surface area contributed by atoms with Crippen LogP contribution in [0.5, 0.6) is 0 Å². The van der Waals surface area contributed by atoms with E-state index in [0.29, 0.717) is 45.2 Å². The molecule has 0 unspecified atom stereocenters. The molecule has 1 aliphatic rings. The molecule has 0 bridgehead atoms. The fourth-order valence-electron chi connectivity index (χ4n) is 2.95. The number of halogens is 1. The van der Waals surface area contributed by atoms with Crippen LogP contribution in [0.2, 0.25) is 0 Å². The van der Waals surface area contributed by atoms with Gasteiger partial charge in [-0.1, -0.05) is 6.07 Å². The Hall–Kier alpha value is -2.64. The summed E-state index contributed by atoms with van der Waals surface area (Å²) in [5, 5.41) is 17.2. The molecule has 26 heavy (non-hydrogen) atoms. The Labute approximate surface area is 151 Å². The SMILES string of the molecule is O=C(NCCCNC(=O)c1cccc(F)c1)NC1CCC(C(=O)O)CC1. The van der Waals surface area contributed by atoms with Gasteiger partial charge in [0, 0.05) is 24.7 Å². The molecule has 1 fully saturated rings. The first-order valence-corrected chi connectivity index (χ1v) is 8.76. The van der Waals surface area contributed by atoms with E-state index in [1.807, 2.05) is 0 Å². The first kappa shape index (κ1) is 19.7. The normalized spacial score (nSPS) is 19.4. The third-order valence-corrected chi connectivity index (χ3v) is 4.42. The number of nitrogens with one attached hydrogen (secondary N) is 3. The largest absolute Gasteiger partial charge is 0.481 e. The van der Waals surface area contributed by atoms with Gasteiger partial charge < -0.3 is 21.1 Å². The number of rotatable bonds is 7. The fraction of sp³-hybridized carbons (Fsp3) is 0.500. The molecule has 1 aromatic carbocycles. The molecule has 0 radical (unpaired) electrons. The predicted molar refractivity (Wildman–Crippen MR) is 93.3 cm³/mol. The molecule has 0 heterocycles. The van der Waals surface area contributed by atoms with Crippen molar-refractivity contribution in [1.82, 2.24) is 16.0 Å². The third kappa shape index (κ3) is 6.34. The van der Waals surface area contributed by atoms with Crippen LogP contribution in [0, 0.1) is 11.7 Å². The Kier molecular flexibility index (Phi) is 7.37. The number of benzene rings is 1. The molecule has 0 saturated heterocycles. The Bertz CT molecular complexity index is 645. The highest BCUT2D eigenvalue weighted by Gasteiger charge is 2.26. The second-order valence-corrected chi connectivity index (χ2v) is 6.41. The summed E-state index contributed by atoms with van der Waals surface area (Å²) in [6, 6.07) is 5.15. The smallest absolute Gasteiger partial charge is 0.315 e. The number of amides is 3. The molecule has 1 aliphatic carbocycles. The second-order valence-electron chi connectivity index (χ2n) is 6.41. The number of hydrogen-bond donors (Lipinski definition) is 4. The van der Waals surface area contributed by atoms with Crippen LogP contribution in [-0.4, -0.2) is 42.1 Å². The number of hydrogen-bond acceptors (Lipinski definition) is 3. The van der Waals surface area contributed by atoms with Gasteiger partial charge in [-0.3, -0.25) is 9.59 Å². The molecule has 4 N–H and O–H groups in total. The van der Waals surface area contributed by atoms with E-state index in [9.17, 15) is 18.8 Å². The molecule has 142 valence electrons. The summed E-state index contributed by atoms with van der Waals surface area (Å²) in [5.74, 6) is -1.90. The molecule has 0 atom stereocenters. The number of carbonyl (C=O) groups excluding carboxylic acids is 2. The maximum absolute atomic E-state index is 13.0. The lowest BCUT2D eigenvalue weighted by Crippen LogP contribution is -2.44. The van der Waals surface area contributed by atoms with Gasteiger partial charge in [0.2, 0.25) is 0 Å². The Morgan fingerprint density at radius 1 is 1.08 bits per heavy atom. The highest BCUT2D eigenvalue weighted by Crippen LogP contribution is 2.24. The standard InChI is InChI=1S/C18H24FN3O4/c19-14-4-1-3-13(11-14)16(23)20-9-2-10-21-18(26)22-15-7-5-12(6-8-15)17(24)25/h1,3-4,11-12,15H,2,5-10H2,(H,20,23)(H,24,25)(H2,21,22,26). The van der Waals surface area contributed by atoms with E-state index >= 15 is 0 Å². The van der Waals surface area contributed by atoms with Crippen molar-refractivity contribution in [3.63, 3.8) is 0 Å². The third-order valence-electron chi connectivity index (χ3n) is 4.42. The van der Waals surface area contributed by atoms with E-state index in [1.165, 1.54) is 24.3 Å². The monoisotopic (exact) mass is 365 g/mol. The van der Waals surface area contributed by atoms with Crippen LogP contribution in [0.1, 0.15) is 42.5 Å². The molecule has 1 saturated carbocycles. The first-order valence-electron chi connectivity index (χ1n) is 8.76. The van der Waals surface area contributed by atoms with Gasteiger partial charge in [-0.05, 0) is 50.3 Å². The maximum atomic E-state index is 13.0. The van der Waals surface area contributed by atoms with E-state index in [2.05, 4.69) is 16.0 Å². The zero-order valence-electron chi connectivity index (χ0n) is 14.5. The van der Waals surface area contributed by atoms with Crippen molar-refractivity contribution in [1.29, 1.82) is 0 Å². The number of carbonyl (C=O) groups is 3. The maximum Gasteiger partial charge on any atom is 0.315 e. The fourth-order valence-corrected chi connectivity index (χ4v) is 2.95. The average molecular weight is 365 g/mol. The lowest BCUT2D eigenvalue weighted by Gasteiger charge is -2.26. The van der Waals surface area contributed by atoms with Crippen molar-refractivity contribution >= 4 is 17.9 Å². The lowest BCUT2D eigenvalue weighted by atomic mass is 9.86. The number of carboxylic acid groups (broad SMARTS) is 1. The molecule has 2 rings (SSSR count). The van der Waals surface area contributed by atoms with Crippen molar-refractivity contribution in [3.05, 3.63) is 35.6 Å². The van der Waals surface area contributed by atoms with Gasteiger partial charge >= 0.3 is 12.0 Å². The van der Waals surface area contributed by atoms with Gasteiger partial charge in [0.25, 0.3) is 5.91 Å². The summed E-state index contributed by atoms with van der Waals surface area (Å²) in [7, 11) is 0. The summed E-state index contributed by atoms with van der Waals surface area (Å²) in [6.07, 6.45) is 3.02. The summed E-state index contributed by atoms with van der Waals surface area (Å²) in [6.45, 7) is 0.749. The Morgan fingerprint density at radius 3 is 2.42 bits per heavy atom. The summed E-state index contributed by atoms with van der Waals surface area (Å²) in [5.41, 5.74) is 0.257. The first-order chi connectivity index (χ1) is 12.5. The summed E-state index contributed by atoms with van der Waals surface area (Å²) < 4.78 is 13.0. The van der Waals surface area contributed by atoms with Crippen LogP contribution in [0.4, 0.5) is 9.18 Å². The van der Waals surface area contributed by atoms with Crippen LogP contribution < -0.4 is 16.0 Å². The minimum Gasteiger partial charge on any atom is -0.481 e. The molecule has 7 nitrogen and oxygen atoms in total.